The van der Waals surface area contributed by atoms with Crippen molar-refractivity contribution < 1.29 is 39.0 Å². The van der Waals surface area contributed by atoms with E-state index in [1.807, 2.05) is 20.1 Å². The molecule has 0 spiro atoms. The van der Waals surface area contributed by atoms with E-state index in [4.69, 9.17) is 16.6 Å². The molecule has 0 saturated carbocycles. The highest BCUT2D eigenvalue weighted by Crippen LogP contribution is 2.09. The van der Waals surface area contributed by atoms with Gasteiger partial charge in [0.1, 0.15) is 18.1 Å². The number of carbonyl (C=O) groups is 6. The topological polar surface area (TPSA) is 231 Å². The average Bonchev–Trinajstić information content (AvgIpc) is 2.75. The third kappa shape index (κ3) is 14.2. The van der Waals surface area contributed by atoms with Crippen molar-refractivity contribution in [3.8, 4) is 0 Å². The van der Waals surface area contributed by atoms with Crippen LogP contribution in [0.25, 0.3) is 0 Å². The molecule has 0 aromatic heterocycles. The van der Waals surface area contributed by atoms with E-state index in [1.54, 1.807) is 0 Å². The van der Waals surface area contributed by atoms with Crippen molar-refractivity contribution in [3.05, 3.63) is 0 Å². The van der Waals surface area contributed by atoms with Gasteiger partial charge in [-0.25, -0.2) is 4.79 Å². The van der Waals surface area contributed by atoms with E-state index < -0.39 is 59.7 Å². The summed E-state index contributed by atoms with van der Waals surface area (Å²) in [5, 5.41) is 25.5. The summed E-state index contributed by atoms with van der Waals surface area (Å²) in [5.74, 6) is -4.85. The van der Waals surface area contributed by atoms with Gasteiger partial charge in [0.25, 0.3) is 0 Å². The Hall–Kier alpha value is -2.87. The Morgan fingerprint density at radius 2 is 1.34 bits per heavy atom. The molecule has 0 aliphatic heterocycles. The van der Waals surface area contributed by atoms with Gasteiger partial charge in [0.15, 0.2) is 0 Å². The zero-order valence-electron chi connectivity index (χ0n) is 20.2. The van der Waals surface area contributed by atoms with Crippen LogP contribution in [0.2, 0.25) is 0 Å². The van der Waals surface area contributed by atoms with Crippen LogP contribution >= 0.6 is 11.8 Å². The highest BCUT2D eigenvalue weighted by molar-refractivity contribution is 7.98. The van der Waals surface area contributed by atoms with E-state index >= 15 is 0 Å². The maximum absolute atomic E-state index is 13.0. The van der Waals surface area contributed by atoms with Crippen LogP contribution in [0.3, 0.4) is 0 Å². The number of carboxylic acids is 2. The lowest BCUT2D eigenvalue weighted by Gasteiger charge is -2.26. The molecule has 9 N–H and O–H groups in total. The van der Waals surface area contributed by atoms with Gasteiger partial charge in [-0.3, -0.25) is 24.0 Å². The van der Waals surface area contributed by atoms with Crippen LogP contribution in [0, 0.1) is 5.92 Å². The zero-order valence-corrected chi connectivity index (χ0v) is 21.1. The molecule has 0 saturated heterocycles. The van der Waals surface area contributed by atoms with Crippen LogP contribution in [0.15, 0.2) is 0 Å². The highest BCUT2D eigenvalue weighted by Gasteiger charge is 2.30. The van der Waals surface area contributed by atoms with E-state index in [2.05, 4.69) is 16.0 Å². The minimum atomic E-state index is -1.37. The Morgan fingerprint density at radius 1 is 0.800 bits per heavy atom. The SMILES string of the molecule is CSCCC(NC(=O)C(N)CCC(=O)O)C(=O)NC(CC(C)C)C(=O)NC(CCC(N)=O)C(=O)O. The number of nitrogens with one attached hydrogen (secondary N) is 3. The lowest BCUT2D eigenvalue weighted by molar-refractivity contribution is -0.143. The Balaban J connectivity index is 5.45. The second-order valence-corrected chi connectivity index (χ2v) is 9.46. The predicted molar refractivity (Wildman–Crippen MR) is 129 cm³/mol. The normalized spacial score (nSPS) is 14.3. The molecule has 0 aliphatic carbocycles. The molecule has 4 unspecified atom stereocenters. The second kappa shape index (κ2) is 16.7. The van der Waals surface area contributed by atoms with Gasteiger partial charge < -0.3 is 37.6 Å². The summed E-state index contributed by atoms with van der Waals surface area (Å²) < 4.78 is 0. The van der Waals surface area contributed by atoms with E-state index in [1.165, 1.54) is 11.8 Å². The fraction of sp³-hybridized carbons (Fsp3) is 0.714. The fourth-order valence-corrected chi connectivity index (χ4v) is 3.46. The first-order valence-corrected chi connectivity index (χ1v) is 12.6. The Bertz CT molecular complexity index is 764. The summed E-state index contributed by atoms with van der Waals surface area (Å²) in [5.41, 5.74) is 10.8. The number of carbonyl (C=O) groups excluding carboxylic acids is 4. The Labute approximate surface area is 208 Å². The summed E-state index contributed by atoms with van der Waals surface area (Å²) in [6, 6.07) is -4.65. The molecule has 0 aromatic rings. The van der Waals surface area contributed by atoms with Crippen molar-refractivity contribution in [3.63, 3.8) is 0 Å². The highest BCUT2D eigenvalue weighted by atomic mass is 32.2. The monoisotopic (exact) mass is 519 g/mol. The number of thioether (sulfide) groups is 1. The number of amides is 4. The first-order chi connectivity index (χ1) is 16.3. The summed E-state index contributed by atoms with van der Waals surface area (Å²) in [6.07, 6.45) is 1.33. The van der Waals surface area contributed by atoms with Crippen molar-refractivity contribution >= 4 is 47.3 Å². The third-order valence-corrected chi connectivity index (χ3v) is 5.53. The first-order valence-electron chi connectivity index (χ1n) is 11.2. The molecule has 13 nitrogen and oxygen atoms in total. The summed E-state index contributed by atoms with van der Waals surface area (Å²) in [6.45, 7) is 3.62. The van der Waals surface area contributed by atoms with Gasteiger partial charge in [0.05, 0.1) is 6.04 Å². The minimum Gasteiger partial charge on any atom is -0.481 e. The van der Waals surface area contributed by atoms with Crippen LogP contribution in [-0.2, 0) is 28.8 Å². The van der Waals surface area contributed by atoms with Crippen LogP contribution in [0.1, 0.15) is 52.4 Å². The van der Waals surface area contributed by atoms with Crippen molar-refractivity contribution in [1.82, 2.24) is 16.0 Å². The molecule has 0 fully saturated rings. The van der Waals surface area contributed by atoms with Crippen LogP contribution in [0.4, 0.5) is 0 Å². The van der Waals surface area contributed by atoms with Gasteiger partial charge >= 0.3 is 11.9 Å². The number of hydrogen-bond acceptors (Lipinski definition) is 8. The molecular weight excluding hydrogens is 482 g/mol. The van der Waals surface area contributed by atoms with Crippen molar-refractivity contribution in [2.75, 3.05) is 12.0 Å². The molecule has 14 heteroatoms. The summed E-state index contributed by atoms with van der Waals surface area (Å²) >= 11 is 1.43. The molecule has 4 amide bonds. The maximum atomic E-state index is 13.0. The number of aliphatic carboxylic acids is 2. The lowest BCUT2D eigenvalue weighted by atomic mass is 10.0. The molecule has 0 aliphatic rings. The van der Waals surface area contributed by atoms with E-state index in [-0.39, 0.29) is 44.4 Å². The van der Waals surface area contributed by atoms with Gasteiger partial charge in [-0.05, 0) is 43.6 Å². The number of carboxylic acid groups (broad SMARTS) is 2. The van der Waals surface area contributed by atoms with Crippen LogP contribution in [0.5, 0.6) is 0 Å². The van der Waals surface area contributed by atoms with Gasteiger partial charge in [0.2, 0.25) is 23.6 Å². The molecule has 0 rings (SSSR count). The Kier molecular flexibility index (Phi) is 15.3. The van der Waals surface area contributed by atoms with Gasteiger partial charge in [-0.15, -0.1) is 0 Å². The van der Waals surface area contributed by atoms with E-state index in [0.717, 1.165) is 0 Å². The molecule has 0 heterocycles. The van der Waals surface area contributed by atoms with E-state index in [9.17, 15) is 33.9 Å². The van der Waals surface area contributed by atoms with Crippen molar-refractivity contribution in [2.24, 2.45) is 17.4 Å². The Morgan fingerprint density at radius 3 is 1.83 bits per heavy atom. The number of nitrogens with two attached hydrogens (primary N) is 2. The smallest absolute Gasteiger partial charge is 0.326 e. The molecule has 4 atom stereocenters. The average molecular weight is 520 g/mol. The maximum Gasteiger partial charge on any atom is 0.326 e. The second-order valence-electron chi connectivity index (χ2n) is 8.48. The zero-order chi connectivity index (χ0) is 27.1. The van der Waals surface area contributed by atoms with Crippen molar-refractivity contribution in [1.29, 1.82) is 0 Å². The molecule has 0 aromatic carbocycles. The number of hydrogen-bond donors (Lipinski definition) is 7. The quantitative estimate of drug-likeness (QED) is 0.114. The number of primary amides is 1. The van der Waals surface area contributed by atoms with E-state index in [0.29, 0.717) is 5.75 Å². The fourth-order valence-electron chi connectivity index (χ4n) is 2.98. The van der Waals surface area contributed by atoms with Gasteiger partial charge in [-0.2, -0.15) is 11.8 Å². The van der Waals surface area contributed by atoms with Crippen LogP contribution in [-0.4, -0.2) is 82.0 Å². The molecular formula is C21H37N5O8S. The molecule has 35 heavy (non-hydrogen) atoms. The standard InChI is InChI=1S/C21H37N5O8S/c1-11(2)10-15(20(32)25-14(21(33)34)5-6-16(23)27)26-19(31)13(8-9-35-3)24-18(30)12(22)4-7-17(28)29/h11-15H,4-10,22H2,1-3H3,(H2,23,27)(H,24,30)(H,25,32)(H,26,31)(H,28,29)(H,33,34). The molecule has 0 radical (unpaired) electrons. The number of rotatable bonds is 18. The van der Waals surface area contributed by atoms with Crippen LogP contribution < -0.4 is 27.4 Å². The van der Waals surface area contributed by atoms with Gasteiger partial charge in [-0.1, -0.05) is 13.8 Å². The van der Waals surface area contributed by atoms with Gasteiger partial charge in [0, 0.05) is 12.8 Å². The first kappa shape index (κ1) is 32.1. The van der Waals surface area contributed by atoms with Crippen molar-refractivity contribution in [2.45, 2.75) is 76.5 Å². The summed E-state index contributed by atoms with van der Waals surface area (Å²) in [4.78, 5) is 71.3. The predicted octanol–water partition coefficient (Wildman–Crippen LogP) is -1.22. The lowest BCUT2D eigenvalue weighted by Crippen LogP contribution is -2.57. The molecule has 200 valence electrons. The largest absolute Gasteiger partial charge is 0.481 e. The molecule has 0 bridgehead atoms. The third-order valence-electron chi connectivity index (χ3n) is 4.88. The minimum absolute atomic E-state index is 0.0522. The summed E-state index contributed by atoms with van der Waals surface area (Å²) in [7, 11) is 0.